The molecule has 2 heterocycles. The first-order valence-corrected chi connectivity index (χ1v) is 7.94. The lowest BCUT2D eigenvalue weighted by molar-refractivity contribution is -0.144. The average molecular weight is 307 g/mol. The van der Waals surface area contributed by atoms with Crippen molar-refractivity contribution in [3.63, 3.8) is 0 Å². The molecule has 0 spiro atoms. The van der Waals surface area contributed by atoms with Gasteiger partial charge in [-0.3, -0.25) is 14.5 Å². The predicted octanol–water partition coefficient (Wildman–Crippen LogP) is 0.938. The molecule has 1 fully saturated rings. The van der Waals surface area contributed by atoms with Crippen LogP contribution in [0.15, 0.2) is 34.1 Å². The molecule has 6 nitrogen and oxygen atoms in total. The Morgan fingerprint density at radius 2 is 1.76 bits per heavy atom. The van der Waals surface area contributed by atoms with E-state index in [-0.39, 0.29) is 47.8 Å². The second-order valence-electron chi connectivity index (χ2n) is 4.84. The molecule has 3 rings (SSSR count). The zero-order valence-electron chi connectivity index (χ0n) is 11.1. The van der Waals surface area contributed by atoms with Crippen molar-refractivity contribution in [3.8, 4) is 0 Å². The van der Waals surface area contributed by atoms with Crippen LogP contribution in [0, 0.1) is 0 Å². The topological polar surface area (TPSA) is 80.8 Å². The van der Waals surface area contributed by atoms with Crippen LogP contribution in [0.2, 0.25) is 0 Å². The van der Waals surface area contributed by atoms with Gasteiger partial charge in [-0.25, -0.2) is 8.42 Å². The van der Waals surface area contributed by atoms with Gasteiger partial charge in [0.1, 0.15) is 6.73 Å². The Morgan fingerprint density at radius 1 is 1.10 bits per heavy atom. The maximum atomic E-state index is 12.2. The van der Waals surface area contributed by atoms with E-state index in [4.69, 9.17) is 4.74 Å². The molecule has 1 saturated heterocycles. The minimum absolute atomic E-state index is 0.141. The molecule has 2 aliphatic heterocycles. The number of fused-ring (bicyclic) bond motifs is 1. The highest BCUT2D eigenvalue weighted by Crippen LogP contribution is 2.32. The Labute approximate surface area is 121 Å². The van der Waals surface area contributed by atoms with E-state index in [1.54, 1.807) is 30.3 Å². The molecule has 21 heavy (non-hydrogen) atoms. The van der Waals surface area contributed by atoms with Gasteiger partial charge in [-0.1, -0.05) is 18.2 Å². The van der Waals surface area contributed by atoms with E-state index in [1.807, 2.05) is 0 Å². The van der Waals surface area contributed by atoms with Gasteiger partial charge in [0.2, 0.25) is 21.7 Å². The molecular weight excluding hydrogens is 294 g/mol. The number of likely N-dealkylation sites (tertiary alicyclic amines) is 1. The van der Waals surface area contributed by atoms with E-state index < -0.39 is 9.84 Å². The number of hydrogen-bond donors (Lipinski definition) is 0. The molecule has 1 aromatic rings. The van der Waals surface area contributed by atoms with E-state index in [1.165, 1.54) is 0 Å². The van der Waals surface area contributed by atoms with Gasteiger partial charge in [0, 0.05) is 12.8 Å². The monoisotopic (exact) mass is 307 g/mol. The van der Waals surface area contributed by atoms with Crippen LogP contribution in [-0.2, 0) is 24.2 Å². The summed E-state index contributed by atoms with van der Waals surface area (Å²) in [5, 5.41) is 0. The van der Waals surface area contributed by atoms with E-state index in [0.717, 1.165) is 4.90 Å². The number of amides is 2. The molecule has 1 aromatic carbocycles. The van der Waals surface area contributed by atoms with Crippen molar-refractivity contribution in [2.75, 3.05) is 13.3 Å². The van der Waals surface area contributed by atoms with Crippen molar-refractivity contribution >= 4 is 27.7 Å². The number of benzene rings is 1. The van der Waals surface area contributed by atoms with E-state index in [2.05, 4.69) is 0 Å². The number of rotatable bonds is 4. The fourth-order valence-corrected chi connectivity index (χ4v) is 3.86. The molecule has 0 aromatic heterocycles. The van der Waals surface area contributed by atoms with E-state index in [9.17, 15) is 18.0 Å². The summed E-state index contributed by atoms with van der Waals surface area (Å²) < 4.78 is 29.7. The lowest BCUT2D eigenvalue weighted by Crippen LogP contribution is -2.31. The molecule has 0 bridgehead atoms. The summed E-state index contributed by atoms with van der Waals surface area (Å²) in [4.78, 5) is 24.2. The van der Waals surface area contributed by atoms with Gasteiger partial charge in [-0.2, -0.15) is 0 Å². The van der Waals surface area contributed by atoms with Gasteiger partial charge in [0.25, 0.3) is 0 Å². The molecule has 0 saturated carbocycles. The fourth-order valence-electron chi connectivity index (χ4n) is 2.36. The summed E-state index contributed by atoms with van der Waals surface area (Å²) in [5.74, 6) is -0.571. The van der Waals surface area contributed by atoms with Crippen molar-refractivity contribution in [2.45, 2.75) is 17.7 Å². The summed E-state index contributed by atoms with van der Waals surface area (Å²) in [6.07, 6.45) is 1.93. The third-order valence-electron chi connectivity index (χ3n) is 3.49. The summed E-state index contributed by atoms with van der Waals surface area (Å²) in [6.45, 7) is -0.366. The Bertz CT molecular complexity index is 734. The summed E-state index contributed by atoms with van der Waals surface area (Å²) >= 11 is 0. The van der Waals surface area contributed by atoms with Gasteiger partial charge in [-0.15, -0.1) is 0 Å². The van der Waals surface area contributed by atoms with Gasteiger partial charge < -0.3 is 4.74 Å². The summed E-state index contributed by atoms with van der Waals surface area (Å²) in [6, 6.07) is 6.68. The van der Waals surface area contributed by atoms with Crippen LogP contribution in [0.25, 0.3) is 6.08 Å². The zero-order chi connectivity index (χ0) is 15.0. The zero-order valence-corrected chi connectivity index (χ0v) is 11.9. The molecule has 0 N–H and O–H groups in total. The third kappa shape index (κ3) is 2.38. The molecule has 2 amide bonds. The smallest absolute Gasteiger partial charge is 0.231 e. The SMILES string of the molecule is O=C1CCC(=O)N1COCC1=Cc2ccccc2S1(=O)=O. The second-order valence-corrected chi connectivity index (χ2v) is 6.82. The van der Waals surface area contributed by atoms with Crippen molar-refractivity contribution in [3.05, 3.63) is 34.7 Å². The fraction of sp³-hybridized carbons (Fsp3) is 0.286. The van der Waals surface area contributed by atoms with Crippen LogP contribution in [0.1, 0.15) is 18.4 Å². The van der Waals surface area contributed by atoms with Gasteiger partial charge in [0.05, 0.1) is 16.4 Å². The number of nitrogens with zero attached hydrogens (tertiary/aromatic N) is 1. The number of hydrogen-bond acceptors (Lipinski definition) is 5. The third-order valence-corrected chi connectivity index (χ3v) is 5.37. The van der Waals surface area contributed by atoms with Crippen molar-refractivity contribution in [2.24, 2.45) is 0 Å². The maximum absolute atomic E-state index is 12.2. The number of ether oxygens (including phenoxy) is 1. The molecule has 0 atom stereocenters. The number of carbonyl (C=O) groups is 2. The molecule has 110 valence electrons. The van der Waals surface area contributed by atoms with Crippen molar-refractivity contribution in [1.29, 1.82) is 0 Å². The first kappa shape index (κ1) is 14.0. The molecule has 0 radical (unpaired) electrons. The van der Waals surface area contributed by atoms with Gasteiger partial charge in [-0.05, 0) is 17.7 Å². The molecule has 2 aliphatic rings. The van der Waals surface area contributed by atoms with Crippen LogP contribution in [-0.4, -0.2) is 38.5 Å². The van der Waals surface area contributed by atoms with Crippen molar-refractivity contribution < 1.29 is 22.7 Å². The molecule has 7 heteroatoms. The van der Waals surface area contributed by atoms with Crippen LogP contribution in [0.3, 0.4) is 0 Å². The first-order chi connectivity index (χ1) is 10.00. The molecule has 0 aliphatic carbocycles. The number of imide groups is 1. The summed E-state index contributed by atoms with van der Waals surface area (Å²) in [7, 11) is -3.52. The first-order valence-electron chi connectivity index (χ1n) is 6.46. The highest BCUT2D eigenvalue weighted by atomic mass is 32.2. The lowest BCUT2D eigenvalue weighted by atomic mass is 10.2. The molecule has 0 unspecified atom stereocenters. The Hall–Kier alpha value is -1.99. The molecular formula is C14H13NO5S. The Kier molecular flexibility index (Phi) is 3.38. The summed E-state index contributed by atoms with van der Waals surface area (Å²) in [5.41, 5.74) is 0.629. The van der Waals surface area contributed by atoms with E-state index >= 15 is 0 Å². The minimum atomic E-state index is -3.52. The normalized spacial score (nSPS) is 19.8. The standard InChI is InChI=1S/C14H13NO5S/c16-13-5-6-14(17)15(13)9-20-8-11-7-10-3-1-2-4-12(10)21(11,18)19/h1-4,7H,5-6,8-9H2. The van der Waals surface area contributed by atoms with Crippen molar-refractivity contribution in [1.82, 2.24) is 4.90 Å². The Balaban J connectivity index is 1.68. The quantitative estimate of drug-likeness (QED) is 0.773. The van der Waals surface area contributed by atoms with Crippen LogP contribution < -0.4 is 0 Å². The van der Waals surface area contributed by atoms with Gasteiger partial charge in [0.15, 0.2) is 0 Å². The highest BCUT2D eigenvalue weighted by molar-refractivity contribution is 7.95. The van der Waals surface area contributed by atoms with Crippen LogP contribution in [0.5, 0.6) is 0 Å². The largest absolute Gasteiger partial charge is 0.355 e. The average Bonchev–Trinajstić information content (AvgIpc) is 2.90. The van der Waals surface area contributed by atoms with Crippen LogP contribution >= 0.6 is 0 Å². The van der Waals surface area contributed by atoms with E-state index in [0.29, 0.717) is 5.56 Å². The maximum Gasteiger partial charge on any atom is 0.231 e. The Morgan fingerprint density at radius 3 is 2.43 bits per heavy atom. The second kappa shape index (κ2) is 5.09. The highest BCUT2D eigenvalue weighted by Gasteiger charge is 2.31. The number of carbonyl (C=O) groups excluding carboxylic acids is 2. The number of sulfone groups is 1. The lowest BCUT2D eigenvalue weighted by Gasteiger charge is -2.14. The van der Waals surface area contributed by atoms with Crippen LogP contribution in [0.4, 0.5) is 0 Å². The van der Waals surface area contributed by atoms with Gasteiger partial charge >= 0.3 is 0 Å². The minimum Gasteiger partial charge on any atom is -0.355 e. The predicted molar refractivity (Wildman–Crippen MR) is 73.5 cm³/mol.